The first-order chi connectivity index (χ1) is 31.5. The first-order valence-electron chi connectivity index (χ1n) is 22.9. The predicted octanol–water partition coefficient (Wildman–Crippen LogP) is 9.73. The molecule has 4 unspecified atom stereocenters. The second-order valence-corrected chi connectivity index (χ2v) is 19.3. The van der Waals surface area contributed by atoms with Crippen LogP contribution in [0.4, 0.5) is 11.4 Å². The SMILES string of the molecule is C.CC(c1ccc(Cl)cc1Cl)n1cnc2ccc(N3CCN(C(=O)C4CCCCN4)CC3)cc21.CC(c1ccc(Cl)cc1Cl)n1cnc2ccc(N3CCN(C(=O)C4CCCN4)CC3)cc21. The molecule has 66 heavy (non-hydrogen) atoms. The zero-order valence-electron chi connectivity index (χ0n) is 36.9. The van der Waals surface area contributed by atoms with Crippen LogP contribution in [0.25, 0.3) is 22.1 Å². The Kier molecular flexibility index (Phi) is 15.4. The van der Waals surface area contributed by atoms with Gasteiger partial charge in [0.25, 0.3) is 0 Å². The molecule has 4 aromatic carbocycles. The average molecular weight is 975 g/mol. The highest BCUT2D eigenvalue weighted by Crippen LogP contribution is 2.34. The number of piperidine rings is 1. The fraction of sp³-hybridized carbons (Fsp3) is 0.440. The van der Waals surface area contributed by atoms with Gasteiger partial charge >= 0.3 is 0 Å². The fourth-order valence-corrected chi connectivity index (χ4v) is 10.9. The zero-order chi connectivity index (χ0) is 45.2. The summed E-state index contributed by atoms with van der Waals surface area (Å²) in [6, 6.07) is 24.1. The third-order valence-corrected chi connectivity index (χ3v) is 14.8. The number of imidazole rings is 2. The van der Waals surface area contributed by atoms with Crippen LogP contribution in [-0.4, -0.2) is 118 Å². The van der Waals surface area contributed by atoms with Gasteiger partial charge in [-0.15, -0.1) is 0 Å². The Morgan fingerprint density at radius 2 is 0.985 bits per heavy atom. The van der Waals surface area contributed by atoms with E-state index in [1.165, 1.54) is 6.42 Å². The van der Waals surface area contributed by atoms with E-state index in [4.69, 9.17) is 46.4 Å². The van der Waals surface area contributed by atoms with Crippen molar-refractivity contribution in [3.05, 3.63) is 117 Å². The van der Waals surface area contributed by atoms with Crippen molar-refractivity contribution in [2.75, 3.05) is 75.2 Å². The monoisotopic (exact) mass is 972 g/mol. The molecule has 12 nitrogen and oxygen atoms in total. The lowest BCUT2D eigenvalue weighted by atomic mass is 10.0. The van der Waals surface area contributed by atoms with Crippen LogP contribution in [0.2, 0.25) is 20.1 Å². The van der Waals surface area contributed by atoms with Crippen LogP contribution in [0.15, 0.2) is 85.5 Å². The Hall–Kier alpha value is -4.56. The minimum atomic E-state index is -0.00261. The summed E-state index contributed by atoms with van der Waals surface area (Å²) in [6.45, 7) is 12.5. The summed E-state index contributed by atoms with van der Waals surface area (Å²) in [5.74, 6) is 0.515. The Morgan fingerprint density at radius 1 is 0.561 bits per heavy atom. The predicted molar refractivity (Wildman–Crippen MR) is 271 cm³/mol. The molecule has 2 N–H and O–H groups in total. The molecule has 350 valence electrons. The highest BCUT2D eigenvalue weighted by molar-refractivity contribution is 6.35. The molecule has 10 rings (SSSR count). The maximum atomic E-state index is 12.9. The van der Waals surface area contributed by atoms with E-state index in [2.05, 4.69) is 89.8 Å². The average Bonchev–Trinajstić information content (AvgIpc) is 4.12. The second-order valence-electron chi connectivity index (χ2n) is 17.6. The first-order valence-corrected chi connectivity index (χ1v) is 24.4. The largest absolute Gasteiger partial charge is 0.368 e. The fourth-order valence-electron chi connectivity index (χ4n) is 9.79. The van der Waals surface area contributed by atoms with Crippen molar-refractivity contribution in [2.24, 2.45) is 0 Å². The van der Waals surface area contributed by atoms with E-state index in [1.807, 2.05) is 46.7 Å². The number of fused-ring (bicyclic) bond motifs is 2. The number of benzene rings is 4. The van der Waals surface area contributed by atoms with Gasteiger partial charge in [0.05, 0.1) is 58.9 Å². The topological polar surface area (TPSA) is 107 Å². The van der Waals surface area contributed by atoms with E-state index in [9.17, 15) is 9.59 Å². The summed E-state index contributed by atoms with van der Waals surface area (Å²) in [4.78, 5) is 43.5. The Morgan fingerprint density at radius 3 is 1.38 bits per heavy atom. The zero-order valence-corrected chi connectivity index (χ0v) is 39.9. The van der Waals surface area contributed by atoms with Gasteiger partial charge in [0.2, 0.25) is 11.8 Å². The Labute approximate surface area is 408 Å². The van der Waals surface area contributed by atoms with Crippen molar-refractivity contribution in [3.63, 3.8) is 0 Å². The summed E-state index contributed by atoms with van der Waals surface area (Å²) in [6.07, 6.45) is 9.04. The number of aromatic nitrogens is 4. The van der Waals surface area contributed by atoms with Crippen molar-refractivity contribution in [3.8, 4) is 0 Å². The molecule has 4 fully saturated rings. The number of carbonyl (C=O) groups excluding carboxylic acids is 2. The van der Waals surface area contributed by atoms with Gasteiger partial charge in [-0.25, -0.2) is 9.97 Å². The number of anilines is 2. The summed E-state index contributed by atoms with van der Waals surface area (Å²) >= 11 is 25.1. The number of carbonyl (C=O) groups is 2. The van der Waals surface area contributed by atoms with Gasteiger partial charge in [0.15, 0.2) is 0 Å². The Balaban J connectivity index is 0.000000177. The van der Waals surface area contributed by atoms with E-state index in [1.54, 1.807) is 12.1 Å². The highest BCUT2D eigenvalue weighted by atomic mass is 35.5. The molecule has 6 heterocycles. The highest BCUT2D eigenvalue weighted by Gasteiger charge is 2.31. The molecule has 16 heteroatoms. The second kappa shape index (κ2) is 21.2. The number of nitrogens with zero attached hydrogens (tertiary/aromatic N) is 8. The van der Waals surface area contributed by atoms with Gasteiger partial charge in [0, 0.05) is 83.8 Å². The lowest BCUT2D eigenvalue weighted by Gasteiger charge is -2.38. The molecule has 4 saturated heterocycles. The van der Waals surface area contributed by atoms with Crippen LogP contribution in [0, 0.1) is 0 Å². The maximum absolute atomic E-state index is 12.9. The molecule has 0 saturated carbocycles. The molecule has 4 aliphatic heterocycles. The van der Waals surface area contributed by atoms with Crippen LogP contribution in [0.3, 0.4) is 0 Å². The third-order valence-electron chi connectivity index (χ3n) is 13.7. The summed E-state index contributed by atoms with van der Waals surface area (Å²) < 4.78 is 4.31. The summed E-state index contributed by atoms with van der Waals surface area (Å²) in [7, 11) is 0. The molecule has 0 bridgehead atoms. The molecule has 2 aromatic heterocycles. The molecule has 4 atom stereocenters. The number of amides is 2. The number of nitrogens with one attached hydrogen (secondary N) is 2. The quantitative estimate of drug-likeness (QED) is 0.155. The molecule has 0 radical (unpaired) electrons. The van der Waals surface area contributed by atoms with Crippen LogP contribution in [0.1, 0.15) is 76.6 Å². The maximum Gasteiger partial charge on any atom is 0.239 e. The third kappa shape index (κ3) is 10.3. The van der Waals surface area contributed by atoms with E-state index in [-0.39, 0.29) is 43.4 Å². The van der Waals surface area contributed by atoms with Gasteiger partial charge in [-0.05, 0) is 124 Å². The molecular weight excluding hydrogens is 914 g/mol. The first kappa shape index (κ1) is 47.9. The van der Waals surface area contributed by atoms with E-state index in [0.29, 0.717) is 20.1 Å². The smallest absolute Gasteiger partial charge is 0.239 e. The molecule has 2 amide bonds. The Bertz CT molecular complexity index is 2640. The number of piperazine rings is 2. The lowest BCUT2D eigenvalue weighted by Crippen LogP contribution is -2.55. The minimum Gasteiger partial charge on any atom is -0.368 e. The van der Waals surface area contributed by atoms with Crippen molar-refractivity contribution >= 4 is 91.7 Å². The van der Waals surface area contributed by atoms with Crippen molar-refractivity contribution < 1.29 is 9.59 Å². The number of halogens is 4. The standard InChI is InChI=1S/C25H29Cl2N5O.C24H27Cl2N5O.CH4/c1-17(20-7-5-18(26)14-21(20)27)32-16-29-22-8-6-19(15-24(22)32)30-10-12-31(13-11-30)25(33)23-4-2-3-9-28-23;1-16(19-6-4-17(25)13-20(19)26)31-15-28-21-7-5-18(14-23(21)31)29-9-11-30(12-10-29)24(32)22-3-2-8-27-22;/h5-8,14-17,23,28H,2-4,9-13H2,1H3;4-7,13-16,22,27H,2-3,8-12H2,1H3;1H4. The van der Waals surface area contributed by atoms with E-state index < -0.39 is 0 Å². The van der Waals surface area contributed by atoms with Crippen molar-refractivity contribution in [1.29, 1.82) is 0 Å². The van der Waals surface area contributed by atoms with Crippen LogP contribution < -0.4 is 20.4 Å². The van der Waals surface area contributed by atoms with E-state index in [0.717, 1.165) is 136 Å². The molecule has 0 aliphatic carbocycles. The van der Waals surface area contributed by atoms with Crippen molar-refractivity contribution in [2.45, 2.75) is 77.5 Å². The van der Waals surface area contributed by atoms with Crippen LogP contribution >= 0.6 is 46.4 Å². The van der Waals surface area contributed by atoms with Gasteiger partial charge in [-0.1, -0.05) is 72.4 Å². The van der Waals surface area contributed by atoms with E-state index >= 15 is 0 Å². The molecular formula is C50H60Cl4N10O2. The summed E-state index contributed by atoms with van der Waals surface area (Å²) in [5, 5.41) is 9.27. The number of rotatable bonds is 8. The van der Waals surface area contributed by atoms with Gasteiger partial charge in [-0.2, -0.15) is 0 Å². The molecule has 6 aromatic rings. The normalized spacial score (nSPS) is 19.9. The van der Waals surface area contributed by atoms with Gasteiger partial charge < -0.3 is 39.4 Å². The molecule has 4 aliphatic rings. The van der Waals surface area contributed by atoms with Crippen molar-refractivity contribution in [1.82, 2.24) is 39.5 Å². The van der Waals surface area contributed by atoms with Crippen LogP contribution in [-0.2, 0) is 9.59 Å². The molecule has 0 spiro atoms. The number of hydrogen-bond acceptors (Lipinski definition) is 8. The lowest BCUT2D eigenvalue weighted by molar-refractivity contribution is -0.134. The van der Waals surface area contributed by atoms with Gasteiger partial charge in [0.1, 0.15) is 0 Å². The minimum absolute atomic E-state index is 0. The number of hydrogen-bond donors (Lipinski definition) is 2. The van der Waals surface area contributed by atoms with Gasteiger partial charge in [-0.3, -0.25) is 9.59 Å². The van der Waals surface area contributed by atoms with Crippen LogP contribution in [0.5, 0.6) is 0 Å². The summed E-state index contributed by atoms with van der Waals surface area (Å²) in [5.41, 5.74) is 8.36.